The van der Waals surface area contributed by atoms with E-state index in [-0.39, 0.29) is 10.8 Å². The first-order valence-corrected chi connectivity index (χ1v) is 20.2. The predicted octanol–water partition coefficient (Wildman–Crippen LogP) is 16.3. The van der Waals surface area contributed by atoms with Gasteiger partial charge >= 0.3 is 0 Å². The van der Waals surface area contributed by atoms with Gasteiger partial charge < -0.3 is 4.42 Å². The van der Waals surface area contributed by atoms with Gasteiger partial charge in [0.1, 0.15) is 11.2 Å². The van der Waals surface area contributed by atoms with Crippen LogP contribution in [-0.4, -0.2) is 0 Å². The van der Waals surface area contributed by atoms with Crippen molar-refractivity contribution in [3.8, 4) is 44.5 Å². The second kappa shape index (κ2) is 13.1. The van der Waals surface area contributed by atoms with Crippen LogP contribution < -0.4 is 0 Å². The maximum Gasteiger partial charge on any atom is 0.135 e. The molecule has 0 fully saturated rings. The van der Waals surface area contributed by atoms with E-state index >= 15 is 0 Å². The molecule has 0 spiro atoms. The highest BCUT2D eigenvalue weighted by atomic mass is 16.3. The molecule has 0 N–H and O–H groups in total. The Bertz CT molecular complexity index is 3110. The van der Waals surface area contributed by atoms with Crippen molar-refractivity contribution < 1.29 is 4.42 Å². The first-order valence-electron chi connectivity index (χ1n) is 20.2. The normalized spacial score (nSPS) is 12.4. The van der Waals surface area contributed by atoms with Crippen LogP contribution >= 0.6 is 0 Å². The van der Waals surface area contributed by atoms with Crippen molar-refractivity contribution in [2.45, 2.75) is 52.4 Å². The number of rotatable bonds is 4. The van der Waals surface area contributed by atoms with Crippen LogP contribution in [0.1, 0.15) is 52.7 Å². The van der Waals surface area contributed by atoms with Crippen molar-refractivity contribution in [3.05, 3.63) is 181 Å². The summed E-state index contributed by atoms with van der Waals surface area (Å²) in [5.41, 5.74) is 14.3. The summed E-state index contributed by atoms with van der Waals surface area (Å²) in [6.45, 7) is 14.0. The van der Waals surface area contributed by atoms with Crippen LogP contribution in [0.2, 0.25) is 0 Å². The van der Waals surface area contributed by atoms with Gasteiger partial charge in [-0.05, 0) is 123 Å². The van der Waals surface area contributed by atoms with Crippen LogP contribution in [-0.2, 0) is 10.8 Å². The molecule has 1 nitrogen and oxygen atoms in total. The molecule has 0 aliphatic rings. The van der Waals surface area contributed by atoms with Crippen LogP contribution in [0.4, 0.5) is 0 Å². The molecule has 0 aliphatic heterocycles. The second-order valence-electron chi connectivity index (χ2n) is 17.7. The molecule has 57 heavy (non-hydrogen) atoms. The lowest BCUT2D eigenvalue weighted by Gasteiger charge is -2.27. The number of fused-ring (bicyclic) bond motifs is 6. The summed E-state index contributed by atoms with van der Waals surface area (Å²) in [7, 11) is 0. The predicted molar refractivity (Wildman–Crippen MR) is 245 cm³/mol. The number of hydrogen-bond acceptors (Lipinski definition) is 1. The molecular formula is C56H46O. The molecular weight excluding hydrogens is 689 g/mol. The number of para-hydroxylation sites is 1. The zero-order valence-corrected chi connectivity index (χ0v) is 33.6. The highest BCUT2D eigenvalue weighted by molar-refractivity contribution is 6.24. The maximum atomic E-state index is 6.32. The van der Waals surface area contributed by atoms with Gasteiger partial charge in [-0.15, -0.1) is 0 Å². The summed E-state index contributed by atoms with van der Waals surface area (Å²) in [6.07, 6.45) is 0. The van der Waals surface area contributed by atoms with Gasteiger partial charge in [0.15, 0.2) is 0 Å². The van der Waals surface area contributed by atoms with E-state index in [1.54, 1.807) is 0 Å². The van der Waals surface area contributed by atoms with Gasteiger partial charge in [0.25, 0.3) is 0 Å². The molecule has 0 bridgehead atoms. The van der Waals surface area contributed by atoms with Crippen molar-refractivity contribution >= 4 is 54.3 Å². The van der Waals surface area contributed by atoms with E-state index in [4.69, 9.17) is 4.42 Å². The fraction of sp³-hybridized carbons (Fsp3) is 0.143. The largest absolute Gasteiger partial charge is 0.456 e. The third-order valence-corrected chi connectivity index (χ3v) is 11.9. The third-order valence-electron chi connectivity index (χ3n) is 11.9. The molecule has 10 aromatic rings. The third kappa shape index (κ3) is 5.92. The topological polar surface area (TPSA) is 13.1 Å². The van der Waals surface area contributed by atoms with Crippen molar-refractivity contribution in [2.75, 3.05) is 0 Å². The summed E-state index contributed by atoms with van der Waals surface area (Å²) in [6, 6.07) is 63.0. The minimum absolute atomic E-state index is 0.00330. The molecule has 10 rings (SSSR count). The Kier molecular flexibility index (Phi) is 8.03. The van der Waals surface area contributed by atoms with Gasteiger partial charge in [0, 0.05) is 10.8 Å². The van der Waals surface area contributed by atoms with Crippen molar-refractivity contribution in [1.82, 2.24) is 0 Å². The molecule has 0 amide bonds. The molecule has 0 aliphatic carbocycles. The second-order valence-corrected chi connectivity index (χ2v) is 17.7. The molecule has 276 valence electrons. The van der Waals surface area contributed by atoms with E-state index < -0.39 is 0 Å². The van der Waals surface area contributed by atoms with Gasteiger partial charge in [-0.3, -0.25) is 0 Å². The summed E-state index contributed by atoms with van der Waals surface area (Å²) in [4.78, 5) is 0. The lowest BCUT2D eigenvalue weighted by atomic mass is 9.77. The Balaban J connectivity index is 1.34. The zero-order valence-electron chi connectivity index (χ0n) is 33.6. The Hall–Kier alpha value is -6.44. The fourth-order valence-corrected chi connectivity index (χ4v) is 8.90. The lowest BCUT2D eigenvalue weighted by Crippen LogP contribution is -2.16. The molecule has 0 radical (unpaired) electrons. The van der Waals surface area contributed by atoms with Crippen molar-refractivity contribution in [2.24, 2.45) is 0 Å². The first kappa shape index (κ1) is 35.0. The van der Waals surface area contributed by atoms with Crippen LogP contribution in [0, 0.1) is 0 Å². The molecule has 1 aromatic heterocycles. The first-order chi connectivity index (χ1) is 27.5. The average molecular weight is 735 g/mol. The Morgan fingerprint density at radius 1 is 0.316 bits per heavy atom. The maximum absolute atomic E-state index is 6.32. The zero-order chi connectivity index (χ0) is 39.1. The summed E-state index contributed by atoms with van der Waals surface area (Å²) in [5, 5.41) is 9.74. The van der Waals surface area contributed by atoms with Crippen LogP contribution in [0.15, 0.2) is 174 Å². The Labute approximate surface area is 335 Å². The Morgan fingerprint density at radius 2 is 0.807 bits per heavy atom. The van der Waals surface area contributed by atoms with Crippen LogP contribution in [0.3, 0.4) is 0 Å². The number of benzene rings is 9. The van der Waals surface area contributed by atoms with Gasteiger partial charge in [-0.1, -0.05) is 187 Å². The minimum atomic E-state index is -0.00330. The van der Waals surface area contributed by atoms with E-state index in [1.807, 2.05) is 6.07 Å². The molecule has 0 unspecified atom stereocenters. The Morgan fingerprint density at radius 3 is 1.42 bits per heavy atom. The quantitative estimate of drug-likeness (QED) is 0.164. The van der Waals surface area contributed by atoms with Crippen LogP contribution in [0.5, 0.6) is 0 Å². The fourth-order valence-electron chi connectivity index (χ4n) is 8.90. The van der Waals surface area contributed by atoms with E-state index in [1.165, 1.54) is 82.4 Å². The van der Waals surface area contributed by atoms with Crippen molar-refractivity contribution in [1.29, 1.82) is 0 Å². The summed E-state index contributed by atoms with van der Waals surface area (Å²) < 4.78 is 6.32. The number of hydrogen-bond donors (Lipinski definition) is 0. The molecule has 1 heteroatoms. The summed E-state index contributed by atoms with van der Waals surface area (Å²) >= 11 is 0. The number of furan rings is 1. The molecule has 1 heterocycles. The van der Waals surface area contributed by atoms with Gasteiger partial charge in [0.05, 0.1) is 0 Å². The SMILES string of the molecule is CC(C)(C)c1cc(-c2c3ccccc3c(-c3c(-c4ccc5ccccc5c4)cccc3-c3ccc4oc5ccccc5c4c3)c3ccccc23)cc(C(C)(C)C)c1. The lowest BCUT2D eigenvalue weighted by molar-refractivity contribution is 0.569. The molecule has 0 saturated heterocycles. The molecule has 0 saturated carbocycles. The highest BCUT2D eigenvalue weighted by Gasteiger charge is 2.25. The van der Waals surface area contributed by atoms with Crippen molar-refractivity contribution in [3.63, 3.8) is 0 Å². The highest BCUT2D eigenvalue weighted by Crippen LogP contribution is 2.50. The molecule has 9 aromatic carbocycles. The molecule has 0 atom stereocenters. The monoisotopic (exact) mass is 734 g/mol. The van der Waals surface area contributed by atoms with E-state index in [0.717, 1.165) is 27.5 Å². The van der Waals surface area contributed by atoms with Gasteiger partial charge in [0.2, 0.25) is 0 Å². The van der Waals surface area contributed by atoms with E-state index in [9.17, 15) is 0 Å². The minimum Gasteiger partial charge on any atom is -0.456 e. The van der Waals surface area contributed by atoms with E-state index in [2.05, 4.69) is 205 Å². The van der Waals surface area contributed by atoms with Gasteiger partial charge in [-0.2, -0.15) is 0 Å². The smallest absolute Gasteiger partial charge is 0.135 e. The summed E-state index contributed by atoms with van der Waals surface area (Å²) in [5.74, 6) is 0. The standard InChI is InChI=1S/C56H46O/c1-55(2,3)40-31-39(32-41(34-40)56(4,5)6)52-45-19-9-11-21-47(45)54(48-22-12-10-20-46(48)52)53-42(37-27-26-35-16-7-8-17-36(35)30-37)23-15-24-43(53)38-28-29-51-49(33-38)44-18-13-14-25-50(44)57-51/h7-34H,1-6H3. The van der Waals surface area contributed by atoms with E-state index in [0.29, 0.717) is 0 Å². The van der Waals surface area contributed by atoms with Gasteiger partial charge in [-0.25, -0.2) is 0 Å². The average Bonchev–Trinajstić information content (AvgIpc) is 3.59. The van der Waals surface area contributed by atoms with Crippen LogP contribution in [0.25, 0.3) is 98.8 Å².